The zero-order chi connectivity index (χ0) is 16.7. The number of pyridine rings is 2. The number of carboxylic acid groups (broad SMARTS) is 2. The molecule has 9 heteroatoms. The standard InChI is InChI=1S/C14H7N3O6/c18-13(19)8-3-1-6-5-10(17(22)23)7-2-4-9(14(20)21)16-12(7)11(6)15-8/h1-5H,(H,18,19)(H,20,21). The first-order chi connectivity index (χ1) is 10.9. The topological polar surface area (TPSA) is 144 Å². The van der Waals surface area contributed by atoms with Gasteiger partial charge in [-0.15, -0.1) is 0 Å². The first kappa shape index (κ1) is 14.3. The largest absolute Gasteiger partial charge is 0.477 e. The van der Waals surface area contributed by atoms with Crippen LogP contribution in [0.25, 0.3) is 21.8 Å². The highest BCUT2D eigenvalue weighted by Gasteiger charge is 2.19. The highest BCUT2D eigenvalue weighted by Crippen LogP contribution is 2.31. The Morgan fingerprint density at radius 2 is 1.52 bits per heavy atom. The summed E-state index contributed by atoms with van der Waals surface area (Å²) < 4.78 is 0. The molecule has 23 heavy (non-hydrogen) atoms. The second kappa shape index (κ2) is 4.98. The molecule has 0 bridgehead atoms. The third-order valence-electron chi connectivity index (χ3n) is 3.25. The normalized spacial score (nSPS) is 10.8. The molecule has 0 aliphatic rings. The van der Waals surface area contributed by atoms with Crippen molar-refractivity contribution in [3.8, 4) is 0 Å². The molecule has 0 aliphatic heterocycles. The number of hydrogen-bond donors (Lipinski definition) is 2. The van der Waals surface area contributed by atoms with Crippen LogP contribution in [-0.4, -0.2) is 37.0 Å². The fraction of sp³-hybridized carbons (Fsp3) is 0. The van der Waals surface area contributed by atoms with Gasteiger partial charge in [-0.25, -0.2) is 19.6 Å². The average Bonchev–Trinajstić information content (AvgIpc) is 2.52. The van der Waals surface area contributed by atoms with Crippen LogP contribution < -0.4 is 0 Å². The van der Waals surface area contributed by atoms with Gasteiger partial charge in [0.1, 0.15) is 16.9 Å². The molecule has 114 valence electrons. The number of nitro benzene ring substituents is 1. The van der Waals surface area contributed by atoms with Gasteiger partial charge >= 0.3 is 11.9 Å². The molecule has 0 saturated heterocycles. The van der Waals surface area contributed by atoms with Crippen molar-refractivity contribution in [2.45, 2.75) is 0 Å². The number of hydrogen-bond acceptors (Lipinski definition) is 6. The fourth-order valence-corrected chi connectivity index (χ4v) is 2.24. The summed E-state index contributed by atoms with van der Waals surface area (Å²) in [6, 6.07) is 6.23. The molecule has 0 atom stereocenters. The number of aromatic nitrogens is 2. The zero-order valence-corrected chi connectivity index (χ0v) is 11.3. The predicted octanol–water partition coefficient (Wildman–Crippen LogP) is 2.09. The number of carboxylic acids is 2. The maximum absolute atomic E-state index is 11.2. The Bertz CT molecular complexity index is 1010. The van der Waals surface area contributed by atoms with Crippen molar-refractivity contribution in [3.63, 3.8) is 0 Å². The van der Waals surface area contributed by atoms with Crippen molar-refractivity contribution in [1.29, 1.82) is 0 Å². The summed E-state index contributed by atoms with van der Waals surface area (Å²) >= 11 is 0. The Morgan fingerprint density at radius 1 is 0.957 bits per heavy atom. The van der Waals surface area contributed by atoms with Crippen LogP contribution in [0.3, 0.4) is 0 Å². The molecule has 0 unspecified atom stereocenters. The molecular formula is C14H7N3O6. The van der Waals surface area contributed by atoms with Crippen molar-refractivity contribution in [3.05, 3.63) is 51.8 Å². The number of nitrogens with zero attached hydrogens (tertiary/aromatic N) is 3. The van der Waals surface area contributed by atoms with Crippen molar-refractivity contribution in [2.75, 3.05) is 0 Å². The van der Waals surface area contributed by atoms with Gasteiger partial charge in [0.25, 0.3) is 5.69 Å². The maximum atomic E-state index is 11.2. The quantitative estimate of drug-likeness (QED) is 0.425. The van der Waals surface area contributed by atoms with Gasteiger partial charge in [0, 0.05) is 11.5 Å². The molecule has 9 nitrogen and oxygen atoms in total. The molecule has 0 aliphatic carbocycles. The summed E-state index contributed by atoms with van der Waals surface area (Å²) in [6.45, 7) is 0. The molecule has 1 aromatic carbocycles. The second-order valence-corrected chi connectivity index (χ2v) is 4.62. The lowest BCUT2D eigenvalue weighted by Gasteiger charge is -2.06. The van der Waals surface area contributed by atoms with Crippen LogP contribution in [0.15, 0.2) is 30.3 Å². The van der Waals surface area contributed by atoms with E-state index in [1.165, 1.54) is 24.3 Å². The number of benzene rings is 1. The molecular weight excluding hydrogens is 306 g/mol. The predicted molar refractivity (Wildman–Crippen MR) is 77.6 cm³/mol. The minimum atomic E-state index is -1.30. The average molecular weight is 313 g/mol. The summed E-state index contributed by atoms with van der Waals surface area (Å²) in [7, 11) is 0. The monoisotopic (exact) mass is 313 g/mol. The van der Waals surface area contributed by atoms with Crippen LogP contribution >= 0.6 is 0 Å². The summed E-state index contributed by atoms with van der Waals surface area (Å²) in [5.74, 6) is -2.58. The number of nitro groups is 1. The van der Waals surface area contributed by atoms with Gasteiger partial charge in [0.05, 0.1) is 15.8 Å². The van der Waals surface area contributed by atoms with Gasteiger partial charge in [-0.2, -0.15) is 0 Å². The highest BCUT2D eigenvalue weighted by molar-refractivity contribution is 6.09. The minimum Gasteiger partial charge on any atom is -0.477 e. The Morgan fingerprint density at radius 3 is 2.09 bits per heavy atom. The zero-order valence-electron chi connectivity index (χ0n) is 11.3. The van der Waals surface area contributed by atoms with Crippen molar-refractivity contribution in [1.82, 2.24) is 9.97 Å². The van der Waals surface area contributed by atoms with Crippen molar-refractivity contribution in [2.24, 2.45) is 0 Å². The number of aromatic carboxylic acids is 2. The van der Waals surface area contributed by atoms with E-state index in [1.54, 1.807) is 0 Å². The van der Waals surface area contributed by atoms with Gasteiger partial charge in [-0.3, -0.25) is 10.1 Å². The van der Waals surface area contributed by atoms with Crippen LogP contribution in [0, 0.1) is 10.1 Å². The van der Waals surface area contributed by atoms with E-state index < -0.39 is 16.9 Å². The van der Waals surface area contributed by atoms with Gasteiger partial charge in [-0.1, -0.05) is 6.07 Å². The Balaban J connectivity index is 2.51. The number of rotatable bonds is 3. The van der Waals surface area contributed by atoms with E-state index in [1.807, 2.05) is 0 Å². The molecule has 2 aromatic heterocycles. The van der Waals surface area contributed by atoms with Gasteiger partial charge in [0.15, 0.2) is 0 Å². The van der Waals surface area contributed by atoms with E-state index in [0.717, 1.165) is 6.07 Å². The third kappa shape index (κ3) is 2.29. The summed E-state index contributed by atoms with van der Waals surface area (Å²) in [6.07, 6.45) is 0. The molecule has 3 rings (SSSR count). The molecule has 2 N–H and O–H groups in total. The lowest BCUT2D eigenvalue weighted by Crippen LogP contribution is -2.04. The first-order valence-corrected chi connectivity index (χ1v) is 6.24. The molecule has 0 fully saturated rings. The number of non-ortho nitro benzene ring substituents is 1. The van der Waals surface area contributed by atoms with Crippen molar-refractivity contribution < 1.29 is 24.7 Å². The van der Waals surface area contributed by atoms with Gasteiger partial charge in [-0.05, 0) is 18.2 Å². The third-order valence-corrected chi connectivity index (χ3v) is 3.25. The smallest absolute Gasteiger partial charge is 0.354 e. The number of carbonyl (C=O) groups is 2. The summed E-state index contributed by atoms with van der Waals surface area (Å²) in [5.41, 5.74) is -0.787. The lowest BCUT2D eigenvalue weighted by molar-refractivity contribution is -0.382. The molecule has 0 amide bonds. The molecule has 2 heterocycles. The van der Waals surface area contributed by atoms with Crippen LogP contribution in [-0.2, 0) is 0 Å². The second-order valence-electron chi connectivity index (χ2n) is 4.62. The molecule has 0 radical (unpaired) electrons. The van der Waals surface area contributed by atoms with Gasteiger partial charge < -0.3 is 10.2 Å². The first-order valence-electron chi connectivity index (χ1n) is 6.24. The van der Waals surface area contributed by atoms with E-state index in [0.29, 0.717) is 5.39 Å². The fourth-order valence-electron chi connectivity index (χ4n) is 2.24. The molecule has 0 spiro atoms. The SMILES string of the molecule is O=C(O)c1ccc2cc([N+](=O)[O-])c3ccc(C(=O)O)nc3c2n1. The Hall–Kier alpha value is -3.62. The van der Waals surface area contributed by atoms with E-state index in [2.05, 4.69) is 9.97 Å². The minimum absolute atomic E-state index is 0.0304. The van der Waals surface area contributed by atoms with E-state index in [9.17, 15) is 19.7 Å². The number of fused-ring (bicyclic) bond motifs is 3. The molecule has 0 saturated carbocycles. The van der Waals surface area contributed by atoms with Crippen molar-refractivity contribution >= 4 is 39.4 Å². The van der Waals surface area contributed by atoms with E-state index >= 15 is 0 Å². The highest BCUT2D eigenvalue weighted by atomic mass is 16.6. The molecule has 3 aromatic rings. The van der Waals surface area contributed by atoms with Crippen LogP contribution in [0.5, 0.6) is 0 Å². The van der Waals surface area contributed by atoms with E-state index in [4.69, 9.17) is 10.2 Å². The summed E-state index contributed by atoms with van der Waals surface area (Å²) in [5, 5.41) is 29.6. The lowest BCUT2D eigenvalue weighted by atomic mass is 10.1. The van der Waals surface area contributed by atoms with Gasteiger partial charge in [0.2, 0.25) is 0 Å². The Kier molecular flexibility index (Phi) is 3.10. The van der Waals surface area contributed by atoms with Crippen LogP contribution in [0.4, 0.5) is 5.69 Å². The van der Waals surface area contributed by atoms with Crippen LogP contribution in [0.1, 0.15) is 21.0 Å². The van der Waals surface area contributed by atoms with Crippen LogP contribution in [0.2, 0.25) is 0 Å². The summed E-state index contributed by atoms with van der Waals surface area (Å²) in [4.78, 5) is 40.5. The maximum Gasteiger partial charge on any atom is 0.354 e. The van der Waals surface area contributed by atoms with E-state index in [-0.39, 0.29) is 33.5 Å². The Labute approximate surface area is 127 Å².